The van der Waals surface area contributed by atoms with Crippen LogP contribution in [0.25, 0.3) is 6.08 Å². The standard InChI is InChI=1S/C17H24ClNO2/c1-4-13(11-19-12(2)3)8-14-9-15(18)17-16(10-14)20-6-5-7-21-17/h8-10,12,19H,4-7,11H2,1-3H3. The molecule has 0 bridgehead atoms. The molecular weight excluding hydrogens is 286 g/mol. The van der Waals surface area contributed by atoms with Crippen LogP contribution in [0.1, 0.15) is 39.2 Å². The second-order valence-corrected chi connectivity index (χ2v) is 5.98. The van der Waals surface area contributed by atoms with Gasteiger partial charge in [0.2, 0.25) is 0 Å². The number of nitrogens with one attached hydrogen (secondary N) is 1. The molecule has 0 unspecified atom stereocenters. The van der Waals surface area contributed by atoms with Gasteiger partial charge in [0, 0.05) is 19.0 Å². The molecule has 0 radical (unpaired) electrons. The second-order valence-electron chi connectivity index (χ2n) is 5.57. The third kappa shape index (κ3) is 4.65. The summed E-state index contributed by atoms with van der Waals surface area (Å²) in [6.45, 7) is 8.68. The van der Waals surface area contributed by atoms with E-state index in [1.165, 1.54) is 5.57 Å². The number of hydrogen-bond donors (Lipinski definition) is 1. The van der Waals surface area contributed by atoms with Crippen molar-refractivity contribution in [1.82, 2.24) is 5.32 Å². The summed E-state index contributed by atoms with van der Waals surface area (Å²) in [5.74, 6) is 1.42. The zero-order valence-corrected chi connectivity index (χ0v) is 13.8. The number of hydrogen-bond acceptors (Lipinski definition) is 3. The van der Waals surface area contributed by atoms with E-state index in [-0.39, 0.29) is 0 Å². The fourth-order valence-corrected chi connectivity index (χ4v) is 2.46. The Labute approximate surface area is 132 Å². The summed E-state index contributed by atoms with van der Waals surface area (Å²) in [5.41, 5.74) is 2.40. The highest BCUT2D eigenvalue weighted by Crippen LogP contribution is 2.38. The zero-order valence-electron chi connectivity index (χ0n) is 13.0. The lowest BCUT2D eigenvalue weighted by Gasteiger charge is -2.12. The quantitative estimate of drug-likeness (QED) is 0.880. The van der Waals surface area contributed by atoms with E-state index in [2.05, 4.69) is 32.2 Å². The molecule has 0 saturated heterocycles. The van der Waals surface area contributed by atoms with Crippen LogP contribution in [0, 0.1) is 0 Å². The molecule has 4 heteroatoms. The average molecular weight is 310 g/mol. The van der Waals surface area contributed by atoms with Gasteiger partial charge in [0.25, 0.3) is 0 Å². The van der Waals surface area contributed by atoms with Gasteiger partial charge in [0.15, 0.2) is 11.5 Å². The summed E-state index contributed by atoms with van der Waals surface area (Å²) >= 11 is 6.32. The first kappa shape index (κ1) is 16.2. The highest BCUT2D eigenvalue weighted by atomic mass is 35.5. The summed E-state index contributed by atoms with van der Waals surface area (Å²) in [4.78, 5) is 0. The van der Waals surface area contributed by atoms with Crippen molar-refractivity contribution in [2.45, 2.75) is 39.7 Å². The molecule has 0 saturated carbocycles. The third-order valence-electron chi connectivity index (χ3n) is 3.39. The van der Waals surface area contributed by atoms with E-state index < -0.39 is 0 Å². The second kappa shape index (κ2) is 7.71. The van der Waals surface area contributed by atoms with Crippen LogP contribution in [-0.4, -0.2) is 25.8 Å². The lowest BCUT2D eigenvalue weighted by Crippen LogP contribution is -2.24. The fourth-order valence-electron chi connectivity index (χ4n) is 2.18. The van der Waals surface area contributed by atoms with Crippen molar-refractivity contribution >= 4 is 17.7 Å². The maximum absolute atomic E-state index is 6.32. The lowest BCUT2D eigenvalue weighted by molar-refractivity contribution is 0.297. The van der Waals surface area contributed by atoms with Crippen molar-refractivity contribution in [2.24, 2.45) is 0 Å². The van der Waals surface area contributed by atoms with Crippen molar-refractivity contribution in [2.75, 3.05) is 19.8 Å². The number of benzene rings is 1. The van der Waals surface area contributed by atoms with Gasteiger partial charge < -0.3 is 14.8 Å². The van der Waals surface area contributed by atoms with Gasteiger partial charge in [-0.1, -0.05) is 44.0 Å². The number of rotatable bonds is 5. The van der Waals surface area contributed by atoms with E-state index in [1.807, 2.05) is 12.1 Å². The van der Waals surface area contributed by atoms with Gasteiger partial charge in [-0.25, -0.2) is 0 Å². The first-order chi connectivity index (χ1) is 10.1. The summed E-state index contributed by atoms with van der Waals surface area (Å²) in [7, 11) is 0. The Morgan fingerprint density at radius 3 is 2.81 bits per heavy atom. The van der Waals surface area contributed by atoms with E-state index in [9.17, 15) is 0 Å². The molecule has 0 aromatic heterocycles. The van der Waals surface area contributed by atoms with Crippen LogP contribution < -0.4 is 14.8 Å². The molecule has 0 amide bonds. The van der Waals surface area contributed by atoms with Crippen LogP contribution in [0.2, 0.25) is 5.02 Å². The first-order valence-electron chi connectivity index (χ1n) is 7.62. The Hall–Kier alpha value is -1.19. The maximum Gasteiger partial charge on any atom is 0.179 e. The van der Waals surface area contributed by atoms with E-state index in [0.29, 0.717) is 30.0 Å². The van der Waals surface area contributed by atoms with E-state index in [0.717, 1.165) is 30.7 Å². The minimum absolute atomic E-state index is 0.479. The Morgan fingerprint density at radius 2 is 2.10 bits per heavy atom. The molecule has 3 nitrogen and oxygen atoms in total. The van der Waals surface area contributed by atoms with Gasteiger partial charge in [-0.15, -0.1) is 0 Å². The minimum atomic E-state index is 0.479. The molecule has 1 heterocycles. The summed E-state index contributed by atoms with van der Waals surface area (Å²) < 4.78 is 11.4. The average Bonchev–Trinajstić information content (AvgIpc) is 2.69. The van der Waals surface area contributed by atoms with Crippen molar-refractivity contribution in [1.29, 1.82) is 0 Å². The van der Waals surface area contributed by atoms with Crippen LogP contribution in [0.5, 0.6) is 11.5 Å². The molecular formula is C17H24ClNO2. The van der Waals surface area contributed by atoms with Gasteiger partial charge in [-0.2, -0.15) is 0 Å². The van der Waals surface area contributed by atoms with Gasteiger partial charge in [0.05, 0.1) is 18.2 Å². The smallest absolute Gasteiger partial charge is 0.179 e. The third-order valence-corrected chi connectivity index (χ3v) is 3.67. The Bertz CT molecular complexity index is 512. The highest BCUT2D eigenvalue weighted by molar-refractivity contribution is 6.32. The predicted molar refractivity (Wildman–Crippen MR) is 88.5 cm³/mol. The monoisotopic (exact) mass is 309 g/mol. The van der Waals surface area contributed by atoms with Gasteiger partial charge in [-0.05, 0) is 24.1 Å². The molecule has 0 atom stereocenters. The van der Waals surface area contributed by atoms with E-state index in [1.54, 1.807) is 0 Å². The van der Waals surface area contributed by atoms with Crippen LogP contribution in [-0.2, 0) is 0 Å². The highest BCUT2D eigenvalue weighted by Gasteiger charge is 2.15. The zero-order chi connectivity index (χ0) is 15.2. The topological polar surface area (TPSA) is 30.5 Å². The molecule has 1 aromatic carbocycles. The van der Waals surface area contributed by atoms with E-state index >= 15 is 0 Å². The molecule has 1 aliphatic heterocycles. The van der Waals surface area contributed by atoms with Crippen molar-refractivity contribution < 1.29 is 9.47 Å². The molecule has 116 valence electrons. The number of halogens is 1. The molecule has 0 aliphatic carbocycles. The molecule has 1 aromatic rings. The summed E-state index contributed by atoms with van der Waals surface area (Å²) in [5, 5.41) is 4.06. The first-order valence-corrected chi connectivity index (χ1v) is 8.00. The van der Waals surface area contributed by atoms with Crippen molar-refractivity contribution in [3.05, 3.63) is 28.3 Å². The van der Waals surface area contributed by atoms with Crippen molar-refractivity contribution in [3.8, 4) is 11.5 Å². The lowest BCUT2D eigenvalue weighted by atomic mass is 10.1. The normalized spacial score (nSPS) is 15.2. The van der Waals surface area contributed by atoms with Crippen LogP contribution in [0.3, 0.4) is 0 Å². The van der Waals surface area contributed by atoms with E-state index in [4.69, 9.17) is 21.1 Å². The van der Waals surface area contributed by atoms with Gasteiger partial charge in [-0.3, -0.25) is 0 Å². The van der Waals surface area contributed by atoms with Crippen molar-refractivity contribution in [3.63, 3.8) is 0 Å². The SMILES string of the molecule is CCC(=Cc1cc(Cl)c2c(c1)OCCCO2)CNC(C)C. The van der Waals surface area contributed by atoms with Crippen LogP contribution >= 0.6 is 11.6 Å². The Morgan fingerprint density at radius 1 is 1.33 bits per heavy atom. The Kier molecular flexibility index (Phi) is 5.95. The molecule has 2 rings (SSSR count). The molecule has 1 N–H and O–H groups in total. The maximum atomic E-state index is 6.32. The van der Waals surface area contributed by atoms with Gasteiger partial charge >= 0.3 is 0 Å². The molecule has 0 fully saturated rings. The molecule has 21 heavy (non-hydrogen) atoms. The minimum Gasteiger partial charge on any atom is -0.489 e. The van der Waals surface area contributed by atoms with Crippen LogP contribution in [0.15, 0.2) is 17.7 Å². The largest absolute Gasteiger partial charge is 0.489 e. The fraction of sp³-hybridized carbons (Fsp3) is 0.529. The summed E-state index contributed by atoms with van der Waals surface area (Å²) in [6, 6.07) is 4.44. The number of fused-ring (bicyclic) bond motifs is 1. The molecule has 0 spiro atoms. The number of ether oxygens (including phenoxy) is 2. The Balaban J connectivity index is 2.23. The predicted octanol–water partition coefficient (Wildman–Crippen LogP) is 4.29. The molecule has 1 aliphatic rings. The van der Waals surface area contributed by atoms with Gasteiger partial charge in [0.1, 0.15) is 0 Å². The summed E-state index contributed by atoms with van der Waals surface area (Å²) in [6.07, 6.45) is 4.07. The van der Waals surface area contributed by atoms with Crippen LogP contribution in [0.4, 0.5) is 0 Å².